The predicted molar refractivity (Wildman–Crippen MR) is 63.5 cm³/mol. The molecule has 0 aliphatic heterocycles. The van der Waals surface area contributed by atoms with Crippen LogP contribution in [0.25, 0.3) is 0 Å². The number of hydrogen-bond acceptors (Lipinski definition) is 3. The maximum atomic E-state index is 10.6. The number of carbonyl (C=O) groups is 1. The molecule has 16 heavy (non-hydrogen) atoms. The standard InChI is InChI=1S/C11H14ClNO3/c1-13(7-8(12)11(14)15)9-5-3-4-6-10(9)16-2/h3-6,8H,7H2,1-2H3,(H,14,15). The van der Waals surface area contributed by atoms with Gasteiger partial charge in [-0.2, -0.15) is 0 Å². The first-order valence-electron chi connectivity index (χ1n) is 4.77. The minimum atomic E-state index is -1.02. The van der Waals surface area contributed by atoms with Crippen LogP contribution < -0.4 is 9.64 Å². The summed E-state index contributed by atoms with van der Waals surface area (Å²) in [5.41, 5.74) is 0.817. The molecule has 0 aliphatic carbocycles. The fraction of sp³-hybridized carbons (Fsp3) is 0.364. The first-order chi connectivity index (χ1) is 7.56. The van der Waals surface area contributed by atoms with Gasteiger partial charge in [0.2, 0.25) is 0 Å². The molecule has 1 aromatic rings. The number of carboxylic acid groups (broad SMARTS) is 1. The summed E-state index contributed by atoms with van der Waals surface area (Å²) >= 11 is 5.67. The van der Waals surface area contributed by atoms with E-state index in [2.05, 4.69) is 0 Å². The molecule has 4 nitrogen and oxygen atoms in total. The predicted octanol–water partition coefficient (Wildman–Crippen LogP) is 1.82. The Hall–Kier alpha value is -1.42. The first-order valence-corrected chi connectivity index (χ1v) is 5.21. The molecule has 0 bridgehead atoms. The number of hydrogen-bond donors (Lipinski definition) is 1. The molecule has 1 rings (SSSR count). The van der Waals surface area contributed by atoms with Gasteiger partial charge in [0, 0.05) is 13.6 Å². The molecule has 0 radical (unpaired) electrons. The highest BCUT2D eigenvalue weighted by molar-refractivity contribution is 6.30. The average molecular weight is 244 g/mol. The van der Waals surface area contributed by atoms with E-state index in [4.69, 9.17) is 21.4 Å². The van der Waals surface area contributed by atoms with Gasteiger partial charge >= 0.3 is 5.97 Å². The van der Waals surface area contributed by atoms with E-state index in [0.717, 1.165) is 5.69 Å². The van der Waals surface area contributed by atoms with Crippen LogP contribution in [0, 0.1) is 0 Å². The van der Waals surface area contributed by atoms with Gasteiger partial charge in [0.05, 0.1) is 12.8 Å². The van der Waals surface area contributed by atoms with Gasteiger partial charge in [-0.15, -0.1) is 11.6 Å². The van der Waals surface area contributed by atoms with Gasteiger partial charge in [0.15, 0.2) is 0 Å². The number of carboxylic acids is 1. The number of alkyl halides is 1. The van der Waals surface area contributed by atoms with Crippen LogP contribution in [-0.4, -0.2) is 37.2 Å². The number of benzene rings is 1. The summed E-state index contributed by atoms with van der Waals surface area (Å²) in [6.45, 7) is 0.220. The summed E-state index contributed by atoms with van der Waals surface area (Å²) in [7, 11) is 3.35. The van der Waals surface area contributed by atoms with Crippen LogP contribution in [0.15, 0.2) is 24.3 Å². The Bertz CT molecular complexity index is 370. The maximum Gasteiger partial charge on any atom is 0.323 e. The van der Waals surface area contributed by atoms with Crippen LogP contribution in [0.2, 0.25) is 0 Å². The Morgan fingerprint density at radius 1 is 1.56 bits per heavy atom. The Balaban J connectivity index is 2.79. The molecule has 0 saturated heterocycles. The minimum Gasteiger partial charge on any atom is -0.495 e. The van der Waals surface area contributed by atoms with Crippen LogP contribution in [0.4, 0.5) is 5.69 Å². The summed E-state index contributed by atoms with van der Waals surface area (Å²) in [4.78, 5) is 12.4. The van der Waals surface area contributed by atoms with Crippen LogP contribution in [-0.2, 0) is 4.79 Å². The van der Waals surface area contributed by atoms with Gasteiger partial charge in [-0.1, -0.05) is 12.1 Å². The summed E-state index contributed by atoms with van der Waals surface area (Å²) in [5.74, 6) is -0.331. The highest BCUT2D eigenvalue weighted by Crippen LogP contribution is 2.26. The molecule has 0 aliphatic rings. The molecule has 0 saturated carbocycles. The molecule has 1 atom stereocenters. The van der Waals surface area contributed by atoms with E-state index in [9.17, 15) is 4.79 Å². The van der Waals surface area contributed by atoms with Gasteiger partial charge < -0.3 is 14.7 Å². The monoisotopic (exact) mass is 243 g/mol. The molecule has 0 fully saturated rings. The summed E-state index contributed by atoms with van der Waals surface area (Å²) in [6, 6.07) is 7.38. The van der Waals surface area contributed by atoms with E-state index in [1.807, 2.05) is 24.3 Å². The molecule has 0 amide bonds. The maximum absolute atomic E-state index is 10.6. The molecular formula is C11H14ClNO3. The number of para-hydroxylation sites is 2. The number of methoxy groups -OCH3 is 1. The van der Waals surface area contributed by atoms with Crippen LogP contribution in [0.1, 0.15) is 0 Å². The second-order valence-corrected chi connectivity index (χ2v) is 3.88. The summed E-state index contributed by atoms with van der Waals surface area (Å²) in [6.07, 6.45) is 0. The van der Waals surface area contributed by atoms with Crippen LogP contribution in [0.5, 0.6) is 5.75 Å². The molecule has 88 valence electrons. The lowest BCUT2D eigenvalue weighted by atomic mass is 10.2. The third-order valence-electron chi connectivity index (χ3n) is 2.20. The van der Waals surface area contributed by atoms with Crippen molar-refractivity contribution >= 4 is 23.3 Å². The Morgan fingerprint density at radius 2 is 2.19 bits per heavy atom. The van der Waals surface area contributed by atoms with Crippen molar-refractivity contribution in [2.75, 3.05) is 25.6 Å². The van der Waals surface area contributed by atoms with Crippen molar-refractivity contribution in [2.45, 2.75) is 5.38 Å². The number of aliphatic carboxylic acids is 1. The Morgan fingerprint density at radius 3 is 2.75 bits per heavy atom. The van der Waals surface area contributed by atoms with Gasteiger partial charge in [0.25, 0.3) is 0 Å². The van der Waals surface area contributed by atoms with Gasteiger partial charge in [-0.05, 0) is 12.1 Å². The topological polar surface area (TPSA) is 49.8 Å². The van der Waals surface area contributed by atoms with Crippen molar-refractivity contribution in [1.29, 1.82) is 0 Å². The fourth-order valence-corrected chi connectivity index (χ4v) is 1.57. The number of halogens is 1. The first kappa shape index (κ1) is 12.6. The molecule has 5 heteroatoms. The van der Waals surface area contributed by atoms with Gasteiger partial charge in [-0.25, -0.2) is 0 Å². The minimum absolute atomic E-state index is 0.220. The zero-order valence-electron chi connectivity index (χ0n) is 9.18. The lowest BCUT2D eigenvalue weighted by molar-refractivity contribution is -0.136. The average Bonchev–Trinajstić information content (AvgIpc) is 2.28. The smallest absolute Gasteiger partial charge is 0.323 e. The molecule has 1 N–H and O–H groups in total. The van der Waals surface area contributed by atoms with E-state index >= 15 is 0 Å². The second kappa shape index (κ2) is 5.61. The molecule has 0 aromatic heterocycles. The third kappa shape index (κ3) is 3.03. The van der Waals surface area contributed by atoms with Gasteiger partial charge in [0.1, 0.15) is 11.1 Å². The normalized spacial score (nSPS) is 11.9. The molecular weight excluding hydrogens is 230 g/mol. The number of anilines is 1. The van der Waals surface area contributed by atoms with E-state index in [0.29, 0.717) is 5.75 Å². The van der Waals surface area contributed by atoms with E-state index in [1.165, 1.54) is 0 Å². The van der Waals surface area contributed by atoms with Crippen LogP contribution in [0.3, 0.4) is 0 Å². The molecule has 0 heterocycles. The highest BCUT2D eigenvalue weighted by Gasteiger charge is 2.17. The largest absolute Gasteiger partial charge is 0.495 e. The fourth-order valence-electron chi connectivity index (χ4n) is 1.36. The van der Waals surface area contributed by atoms with E-state index in [-0.39, 0.29) is 6.54 Å². The zero-order valence-corrected chi connectivity index (χ0v) is 9.94. The lowest BCUT2D eigenvalue weighted by Gasteiger charge is -2.22. The number of ether oxygens (including phenoxy) is 1. The molecule has 1 unspecified atom stereocenters. The van der Waals surface area contributed by atoms with Crippen molar-refractivity contribution in [3.05, 3.63) is 24.3 Å². The van der Waals surface area contributed by atoms with Crippen LogP contribution >= 0.6 is 11.6 Å². The quantitative estimate of drug-likeness (QED) is 0.802. The zero-order chi connectivity index (χ0) is 12.1. The van der Waals surface area contributed by atoms with Crippen molar-refractivity contribution in [3.8, 4) is 5.75 Å². The summed E-state index contributed by atoms with van der Waals surface area (Å²) in [5, 5.41) is 7.78. The second-order valence-electron chi connectivity index (χ2n) is 3.36. The van der Waals surface area contributed by atoms with E-state index < -0.39 is 11.3 Å². The Kier molecular flexibility index (Phi) is 4.43. The number of nitrogens with zero attached hydrogens (tertiary/aromatic N) is 1. The van der Waals surface area contributed by atoms with Crippen molar-refractivity contribution in [2.24, 2.45) is 0 Å². The van der Waals surface area contributed by atoms with Gasteiger partial charge in [-0.3, -0.25) is 4.79 Å². The third-order valence-corrected chi connectivity index (χ3v) is 2.52. The molecule has 0 spiro atoms. The molecule has 1 aromatic carbocycles. The Labute approximate surface area is 99.4 Å². The van der Waals surface area contributed by atoms with Crippen molar-refractivity contribution in [3.63, 3.8) is 0 Å². The SMILES string of the molecule is COc1ccccc1N(C)CC(Cl)C(=O)O. The highest BCUT2D eigenvalue weighted by atomic mass is 35.5. The van der Waals surface area contributed by atoms with E-state index in [1.54, 1.807) is 19.1 Å². The lowest BCUT2D eigenvalue weighted by Crippen LogP contribution is -2.31. The summed E-state index contributed by atoms with van der Waals surface area (Å²) < 4.78 is 5.18. The van der Waals surface area contributed by atoms with Crippen molar-refractivity contribution < 1.29 is 14.6 Å². The number of rotatable bonds is 5. The van der Waals surface area contributed by atoms with Crippen molar-refractivity contribution in [1.82, 2.24) is 0 Å².